The molecule has 3 rings (SSSR count). The second-order valence-electron chi connectivity index (χ2n) is 6.67. The molecule has 1 amide bonds. The summed E-state index contributed by atoms with van der Waals surface area (Å²) in [5, 5.41) is 2.71. The van der Waals surface area contributed by atoms with Crippen LogP contribution in [-0.2, 0) is 27.3 Å². The number of aryl methyl sites for hydroxylation is 1. The fourth-order valence-corrected chi connectivity index (χ4v) is 2.75. The van der Waals surface area contributed by atoms with E-state index in [-0.39, 0.29) is 12.4 Å². The molecule has 1 fully saturated rings. The van der Waals surface area contributed by atoms with Crippen LogP contribution in [0.3, 0.4) is 0 Å². The van der Waals surface area contributed by atoms with Crippen LogP contribution in [0.4, 0.5) is 4.79 Å². The summed E-state index contributed by atoms with van der Waals surface area (Å²) in [5.41, 5.74) is 1.23. The predicted octanol–water partition coefficient (Wildman–Crippen LogP) is 3.27. The molecule has 1 aliphatic heterocycles. The fraction of sp³-hybridized carbons (Fsp3) is 0.333. The molecule has 2 aromatic rings. The fourth-order valence-electron chi connectivity index (χ4n) is 2.75. The summed E-state index contributed by atoms with van der Waals surface area (Å²) < 4.78 is 10.5. The second kappa shape index (κ2) is 8.15. The first-order chi connectivity index (χ1) is 12.6. The van der Waals surface area contributed by atoms with Gasteiger partial charge in [0.05, 0.1) is 12.6 Å². The van der Waals surface area contributed by atoms with Crippen LogP contribution >= 0.6 is 0 Å². The van der Waals surface area contributed by atoms with Gasteiger partial charge in [0.25, 0.3) is 0 Å². The van der Waals surface area contributed by atoms with E-state index >= 15 is 0 Å². The van der Waals surface area contributed by atoms with Gasteiger partial charge in [-0.15, -0.1) is 0 Å². The van der Waals surface area contributed by atoms with Crippen molar-refractivity contribution in [2.45, 2.75) is 38.0 Å². The van der Waals surface area contributed by atoms with Gasteiger partial charge in [-0.3, -0.25) is 4.79 Å². The molecule has 1 aliphatic rings. The van der Waals surface area contributed by atoms with Gasteiger partial charge in [0, 0.05) is 0 Å². The number of alkyl carbamates (subject to hydrolysis) is 1. The van der Waals surface area contributed by atoms with Gasteiger partial charge in [-0.25, -0.2) is 4.79 Å². The maximum atomic E-state index is 12.7. The van der Waals surface area contributed by atoms with Gasteiger partial charge in [0.2, 0.25) is 0 Å². The van der Waals surface area contributed by atoms with Crippen LogP contribution < -0.4 is 5.32 Å². The van der Waals surface area contributed by atoms with Gasteiger partial charge in [-0.05, 0) is 30.9 Å². The third-order valence-electron chi connectivity index (χ3n) is 4.48. The maximum Gasteiger partial charge on any atom is 0.408 e. The summed E-state index contributed by atoms with van der Waals surface area (Å²) in [4.78, 5) is 24.8. The van der Waals surface area contributed by atoms with Crippen LogP contribution in [0.2, 0.25) is 0 Å². The lowest BCUT2D eigenvalue weighted by Gasteiger charge is -2.19. The van der Waals surface area contributed by atoms with Crippen LogP contribution in [0.1, 0.15) is 24.5 Å². The lowest BCUT2D eigenvalue weighted by Crippen LogP contribution is -2.46. The first-order valence-electron chi connectivity index (χ1n) is 8.76. The van der Waals surface area contributed by atoms with E-state index in [4.69, 9.17) is 9.47 Å². The number of epoxide rings is 1. The Morgan fingerprint density at radius 1 is 1.08 bits per heavy atom. The Hall–Kier alpha value is -2.66. The molecule has 0 aromatic heterocycles. The van der Waals surface area contributed by atoms with E-state index in [0.29, 0.717) is 19.4 Å². The zero-order valence-corrected chi connectivity index (χ0v) is 14.8. The van der Waals surface area contributed by atoms with Gasteiger partial charge < -0.3 is 14.8 Å². The standard InChI is InChI=1S/C21H23NO4/c1-21(15-26-21)19(23)18(13-12-16-8-4-2-5-9-16)22-20(24)25-14-17-10-6-3-7-11-17/h2-11,18H,12-15H2,1H3,(H,22,24)/t18-,21+/m0/s1. The molecule has 2 aromatic carbocycles. The topological polar surface area (TPSA) is 67.9 Å². The first kappa shape index (κ1) is 18.1. The number of carbonyl (C=O) groups is 2. The molecule has 0 bridgehead atoms. The van der Waals surface area contributed by atoms with Crippen LogP contribution in [0.25, 0.3) is 0 Å². The number of benzene rings is 2. The zero-order chi connectivity index (χ0) is 18.4. The van der Waals surface area contributed by atoms with E-state index in [0.717, 1.165) is 11.1 Å². The molecule has 5 nitrogen and oxygen atoms in total. The Labute approximate surface area is 153 Å². The van der Waals surface area contributed by atoms with Crippen molar-refractivity contribution in [1.29, 1.82) is 0 Å². The predicted molar refractivity (Wildman–Crippen MR) is 97.7 cm³/mol. The highest BCUT2D eigenvalue weighted by Crippen LogP contribution is 2.29. The summed E-state index contributed by atoms with van der Waals surface area (Å²) in [6.45, 7) is 2.32. The summed E-state index contributed by atoms with van der Waals surface area (Å²) in [5.74, 6) is -0.106. The Morgan fingerprint density at radius 3 is 2.23 bits per heavy atom. The van der Waals surface area contributed by atoms with Crippen LogP contribution in [-0.4, -0.2) is 30.1 Å². The summed E-state index contributed by atoms with van der Waals surface area (Å²) in [7, 11) is 0. The minimum atomic E-state index is -0.784. The third-order valence-corrected chi connectivity index (χ3v) is 4.48. The van der Waals surface area contributed by atoms with Gasteiger partial charge in [-0.1, -0.05) is 60.7 Å². The molecule has 0 radical (unpaired) electrons. The van der Waals surface area contributed by atoms with E-state index in [2.05, 4.69) is 5.32 Å². The molecule has 26 heavy (non-hydrogen) atoms. The highest BCUT2D eigenvalue weighted by Gasteiger charge is 2.50. The number of nitrogens with one attached hydrogen (secondary N) is 1. The maximum absolute atomic E-state index is 12.7. The molecule has 0 unspecified atom stereocenters. The molecule has 2 atom stereocenters. The number of amides is 1. The molecule has 0 saturated carbocycles. The lowest BCUT2D eigenvalue weighted by atomic mass is 9.95. The Kier molecular flexibility index (Phi) is 5.68. The monoisotopic (exact) mass is 353 g/mol. The van der Waals surface area contributed by atoms with Crippen molar-refractivity contribution in [2.75, 3.05) is 6.61 Å². The van der Waals surface area contributed by atoms with Crippen molar-refractivity contribution in [3.63, 3.8) is 0 Å². The molecule has 0 spiro atoms. The van der Waals surface area contributed by atoms with E-state index in [1.165, 1.54) is 0 Å². The molecule has 5 heteroatoms. The first-order valence-corrected chi connectivity index (χ1v) is 8.76. The lowest BCUT2D eigenvalue weighted by molar-refractivity contribution is -0.125. The van der Waals surface area contributed by atoms with E-state index in [9.17, 15) is 9.59 Å². The van der Waals surface area contributed by atoms with Crippen LogP contribution in [0.5, 0.6) is 0 Å². The number of carbonyl (C=O) groups excluding carboxylic acids is 2. The Balaban J connectivity index is 1.57. The SMILES string of the molecule is C[C@]1(C(=O)[C@H](CCc2ccccc2)NC(=O)OCc2ccccc2)CO1. The molecular weight excluding hydrogens is 330 g/mol. The number of hydrogen-bond acceptors (Lipinski definition) is 4. The number of rotatable bonds is 8. The van der Waals surface area contributed by atoms with Crippen molar-refractivity contribution in [1.82, 2.24) is 5.32 Å². The highest BCUT2D eigenvalue weighted by atomic mass is 16.6. The molecular formula is C21H23NO4. The van der Waals surface area contributed by atoms with Crippen molar-refractivity contribution >= 4 is 11.9 Å². The minimum absolute atomic E-state index is 0.106. The summed E-state index contributed by atoms with van der Waals surface area (Å²) in [6, 6.07) is 18.7. The van der Waals surface area contributed by atoms with Gasteiger partial charge in [0.15, 0.2) is 5.78 Å². The van der Waals surface area contributed by atoms with Gasteiger partial charge in [-0.2, -0.15) is 0 Å². The number of hydrogen-bond donors (Lipinski definition) is 1. The average molecular weight is 353 g/mol. The van der Waals surface area contributed by atoms with Gasteiger partial charge >= 0.3 is 6.09 Å². The van der Waals surface area contributed by atoms with Crippen molar-refractivity contribution in [3.05, 3.63) is 71.8 Å². The number of ketones is 1. The second-order valence-corrected chi connectivity index (χ2v) is 6.67. The average Bonchev–Trinajstić information content (AvgIpc) is 3.43. The van der Waals surface area contributed by atoms with Crippen LogP contribution in [0, 0.1) is 0 Å². The Morgan fingerprint density at radius 2 is 1.65 bits per heavy atom. The highest BCUT2D eigenvalue weighted by molar-refractivity contribution is 5.95. The summed E-state index contributed by atoms with van der Waals surface area (Å²) in [6.07, 6.45) is 0.596. The molecule has 136 valence electrons. The van der Waals surface area contributed by atoms with Crippen molar-refractivity contribution < 1.29 is 19.1 Å². The molecule has 0 aliphatic carbocycles. The minimum Gasteiger partial charge on any atom is -0.445 e. The van der Waals surface area contributed by atoms with Gasteiger partial charge in [0.1, 0.15) is 12.2 Å². The Bertz CT molecular complexity index is 741. The van der Waals surface area contributed by atoms with E-state index in [1.54, 1.807) is 6.92 Å². The normalized spacial score (nSPS) is 19.4. The largest absolute Gasteiger partial charge is 0.445 e. The van der Waals surface area contributed by atoms with Crippen LogP contribution in [0.15, 0.2) is 60.7 Å². The number of ether oxygens (including phenoxy) is 2. The number of Topliss-reactive ketones (excluding diaryl/α,β-unsaturated/α-hetero) is 1. The smallest absolute Gasteiger partial charge is 0.408 e. The van der Waals surface area contributed by atoms with E-state index < -0.39 is 17.7 Å². The van der Waals surface area contributed by atoms with Crippen molar-refractivity contribution in [2.24, 2.45) is 0 Å². The third kappa shape index (κ3) is 4.92. The van der Waals surface area contributed by atoms with Crippen molar-refractivity contribution in [3.8, 4) is 0 Å². The summed E-state index contributed by atoms with van der Waals surface area (Å²) >= 11 is 0. The molecule has 1 saturated heterocycles. The zero-order valence-electron chi connectivity index (χ0n) is 14.8. The molecule has 1 N–H and O–H groups in total. The molecule has 1 heterocycles. The van der Waals surface area contributed by atoms with E-state index in [1.807, 2.05) is 60.7 Å². The quantitative estimate of drug-likeness (QED) is 0.740.